The van der Waals surface area contributed by atoms with Gasteiger partial charge in [0.1, 0.15) is 17.4 Å². The number of aliphatic hydroxyl groups is 3. The van der Waals surface area contributed by atoms with Crippen molar-refractivity contribution in [3.05, 3.63) is 57.9 Å². The first-order valence-corrected chi connectivity index (χ1v) is 12.6. The Hall–Kier alpha value is -3.69. The van der Waals surface area contributed by atoms with Gasteiger partial charge in [-0.05, 0) is 56.2 Å². The number of ketones is 2. The Labute approximate surface area is 220 Å². The number of carbonyl (C=O) groups is 3. The summed E-state index contributed by atoms with van der Waals surface area (Å²) in [6.07, 6.45) is -1.14. The van der Waals surface area contributed by atoms with E-state index in [-0.39, 0.29) is 36.1 Å². The number of fused-ring (bicyclic) bond motifs is 3. The number of primary amides is 1. The van der Waals surface area contributed by atoms with Crippen molar-refractivity contribution < 1.29 is 34.8 Å². The van der Waals surface area contributed by atoms with Crippen LogP contribution in [-0.2, 0) is 16.0 Å². The Morgan fingerprint density at radius 1 is 1.05 bits per heavy atom. The molecule has 1 amide bonds. The third kappa shape index (κ3) is 3.56. The monoisotopic (exact) mass is 520 g/mol. The number of phenols is 1. The molecule has 3 aliphatic rings. The number of phenolic OH excluding ortho intramolecular Hbond substituents is 1. The van der Waals surface area contributed by atoms with E-state index in [1.54, 1.807) is 0 Å². The molecular weight excluding hydrogens is 488 g/mol. The van der Waals surface area contributed by atoms with Gasteiger partial charge < -0.3 is 31.1 Å². The molecule has 9 nitrogen and oxygen atoms in total. The van der Waals surface area contributed by atoms with Gasteiger partial charge >= 0.3 is 0 Å². The van der Waals surface area contributed by atoms with Crippen LogP contribution in [0.2, 0.25) is 0 Å². The summed E-state index contributed by atoms with van der Waals surface area (Å²) in [4.78, 5) is 41.0. The van der Waals surface area contributed by atoms with Gasteiger partial charge in [0.2, 0.25) is 5.91 Å². The summed E-state index contributed by atoms with van der Waals surface area (Å²) >= 11 is 0. The summed E-state index contributed by atoms with van der Waals surface area (Å²) in [5.74, 6) is -7.13. The topological polar surface area (TPSA) is 161 Å². The van der Waals surface area contributed by atoms with Gasteiger partial charge in [-0.25, -0.2) is 0 Å². The number of benzene rings is 2. The summed E-state index contributed by atoms with van der Waals surface area (Å²) < 4.78 is 0. The molecular formula is C29H32N2O7. The quantitative estimate of drug-likeness (QED) is 0.385. The third-order valence-corrected chi connectivity index (χ3v) is 8.38. The number of rotatable bonds is 3. The van der Waals surface area contributed by atoms with Crippen LogP contribution in [0.4, 0.5) is 5.69 Å². The highest BCUT2D eigenvalue weighted by molar-refractivity contribution is 6.17. The van der Waals surface area contributed by atoms with Crippen LogP contribution in [0.25, 0.3) is 11.1 Å². The minimum absolute atomic E-state index is 0.0138. The van der Waals surface area contributed by atoms with E-state index in [0.29, 0.717) is 11.1 Å². The molecule has 9 heteroatoms. The van der Waals surface area contributed by atoms with E-state index in [1.165, 1.54) is 0 Å². The van der Waals surface area contributed by atoms with Gasteiger partial charge in [0, 0.05) is 36.8 Å². The Morgan fingerprint density at radius 3 is 2.26 bits per heavy atom. The van der Waals surface area contributed by atoms with Crippen LogP contribution in [0, 0.1) is 31.6 Å². The van der Waals surface area contributed by atoms with E-state index in [1.807, 2.05) is 57.1 Å². The summed E-state index contributed by atoms with van der Waals surface area (Å²) in [6.45, 7) is 3.88. The maximum atomic E-state index is 14.0. The van der Waals surface area contributed by atoms with Crippen LogP contribution < -0.4 is 10.6 Å². The van der Waals surface area contributed by atoms with Crippen molar-refractivity contribution in [3.8, 4) is 16.9 Å². The van der Waals surface area contributed by atoms with Gasteiger partial charge in [0.05, 0.1) is 11.7 Å². The number of Topliss-reactive ketones (excluding diaryl/α,β-unsaturated/α-hetero) is 2. The molecule has 0 aromatic heterocycles. The number of aromatic hydroxyl groups is 1. The highest BCUT2D eigenvalue weighted by Crippen LogP contribution is 2.53. The van der Waals surface area contributed by atoms with Gasteiger partial charge in [0.15, 0.2) is 17.2 Å². The minimum atomic E-state index is -2.52. The SMILES string of the molecule is Cc1cc(C)cc(-c2cc(N(C)C)c3c(c2O)C(=O)C2=C(O)[C@]4(O)C(=O)C(C(N)=O)C(O)C[C@@H]4C[C@@H]2C3)c1. The van der Waals surface area contributed by atoms with E-state index >= 15 is 0 Å². The molecule has 6 N–H and O–H groups in total. The molecule has 200 valence electrons. The zero-order valence-electron chi connectivity index (χ0n) is 21.8. The van der Waals surface area contributed by atoms with Crippen LogP contribution in [0.15, 0.2) is 35.6 Å². The lowest BCUT2D eigenvalue weighted by Gasteiger charge is -2.48. The number of anilines is 1. The lowest BCUT2D eigenvalue weighted by atomic mass is 9.57. The van der Waals surface area contributed by atoms with Crippen molar-refractivity contribution in [2.45, 2.75) is 44.8 Å². The molecule has 2 unspecified atom stereocenters. The standard InChI is InChI=1S/C29H32N2O7/c1-12-5-13(2)7-14(6-12)17-11-19(31(3)4)18-9-15-8-16-10-20(32)23(28(30)37)27(36)29(16,38)26(35)21(15)25(34)22(18)24(17)33/h5-7,11,15-16,20,23,32-33,35,38H,8-10H2,1-4H3,(H2,30,37)/t15-,16+,20?,23?,29+/m1/s1. The second-order valence-corrected chi connectivity index (χ2v) is 11.2. The maximum Gasteiger partial charge on any atom is 0.230 e. The van der Waals surface area contributed by atoms with Crippen molar-refractivity contribution >= 4 is 23.2 Å². The van der Waals surface area contributed by atoms with Crippen molar-refractivity contribution in [1.29, 1.82) is 0 Å². The van der Waals surface area contributed by atoms with Crippen LogP contribution >= 0.6 is 0 Å². The van der Waals surface area contributed by atoms with Crippen LogP contribution in [0.3, 0.4) is 0 Å². The number of hydrogen-bond donors (Lipinski definition) is 5. The number of aryl methyl sites for hydroxylation is 2. The molecule has 5 rings (SSSR count). The number of allylic oxidation sites excluding steroid dienone is 1. The maximum absolute atomic E-state index is 14.0. The second-order valence-electron chi connectivity index (χ2n) is 11.2. The normalized spacial score (nSPS) is 28.5. The predicted molar refractivity (Wildman–Crippen MR) is 140 cm³/mol. The van der Waals surface area contributed by atoms with Crippen molar-refractivity contribution in [3.63, 3.8) is 0 Å². The van der Waals surface area contributed by atoms with Crippen molar-refractivity contribution in [1.82, 2.24) is 0 Å². The number of aliphatic hydroxyl groups excluding tert-OH is 2. The smallest absolute Gasteiger partial charge is 0.230 e. The van der Waals surface area contributed by atoms with E-state index < -0.39 is 52.7 Å². The molecule has 38 heavy (non-hydrogen) atoms. The summed E-state index contributed by atoms with van der Waals surface area (Å²) in [7, 11) is 3.68. The molecule has 0 saturated heterocycles. The molecule has 2 aromatic carbocycles. The number of carbonyl (C=O) groups excluding carboxylic acids is 3. The van der Waals surface area contributed by atoms with Gasteiger partial charge in [-0.3, -0.25) is 14.4 Å². The summed E-state index contributed by atoms with van der Waals surface area (Å²) in [5.41, 5.74) is 7.14. The van der Waals surface area contributed by atoms with Gasteiger partial charge in [-0.2, -0.15) is 0 Å². The second kappa shape index (κ2) is 8.68. The van der Waals surface area contributed by atoms with Gasteiger partial charge in [-0.15, -0.1) is 0 Å². The zero-order valence-corrected chi connectivity index (χ0v) is 21.8. The van der Waals surface area contributed by atoms with E-state index in [2.05, 4.69) is 0 Å². The Bertz CT molecular complexity index is 1420. The number of nitrogens with zero attached hydrogens (tertiary/aromatic N) is 1. The molecule has 5 atom stereocenters. The molecule has 0 aliphatic heterocycles. The molecule has 0 spiro atoms. The van der Waals surface area contributed by atoms with E-state index in [9.17, 15) is 34.8 Å². The van der Waals surface area contributed by atoms with Crippen molar-refractivity contribution in [2.75, 3.05) is 19.0 Å². The molecule has 0 radical (unpaired) electrons. The molecule has 1 fully saturated rings. The first kappa shape index (κ1) is 25.9. The zero-order chi connectivity index (χ0) is 27.8. The largest absolute Gasteiger partial charge is 0.508 e. The first-order valence-electron chi connectivity index (χ1n) is 12.6. The van der Waals surface area contributed by atoms with Crippen molar-refractivity contribution in [2.24, 2.45) is 23.5 Å². The van der Waals surface area contributed by atoms with Crippen LogP contribution in [-0.4, -0.2) is 63.7 Å². The van der Waals surface area contributed by atoms with Crippen LogP contribution in [0.5, 0.6) is 5.75 Å². The fourth-order valence-corrected chi connectivity index (χ4v) is 6.72. The average molecular weight is 521 g/mol. The fraction of sp³-hybridized carbons (Fsp3) is 0.414. The number of amides is 1. The predicted octanol–water partition coefficient (Wildman–Crippen LogP) is 2.10. The van der Waals surface area contributed by atoms with E-state index in [4.69, 9.17) is 5.73 Å². The molecule has 2 aromatic rings. The summed E-state index contributed by atoms with van der Waals surface area (Å²) in [5, 5.41) is 44.7. The Morgan fingerprint density at radius 2 is 1.68 bits per heavy atom. The minimum Gasteiger partial charge on any atom is -0.508 e. The Kier molecular flexibility index (Phi) is 5.92. The molecule has 0 bridgehead atoms. The first-order chi connectivity index (χ1) is 17.8. The molecule has 0 heterocycles. The Balaban J connectivity index is 1.72. The highest BCUT2D eigenvalue weighted by atomic mass is 16.3. The highest BCUT2D eigenvalue weighted by Gasteiger charge is 2.62. The summed E-state index contributed by atoms with van der Waals surface area (Å²) in [6, 6.07) is 7.66. The lowest BCUT2D eigenvalue weighted by Crippen LogP contribution is -2.63. The van der Waals surface area contributed by atoms with Crippen LogP contribution in [0.1, 0.15) is 39.9 Å². The number of hydrogen-bond acceptors (Lipinski definition) is 8. The van der Waals surface area contributed by atoms with Gasteiger partial charge in [0.25, 0.3) is 0 Å². The molecule has 3 aliphatic carbocycles. The average Bonchev–Trinajstić information content (AvgIpc) is 2.80. The van der Waals surface area contributed by atoms with Gasteiger partial charge in [-0.1, -0.05) is 29.3 Å². The third-order valence-electron chi connectivity index (χ3n) is 8.38. The number of nitrogens with two attached hydrogens (primary N) is 1. The van der Waals surface area contributed by atoms with E-state index in [0.717, 1.165) is 22.4 Å². The lowest BCUT2D eigenvalue weighted by molar-refractivity contribution is -0.167. The molecule has 1 saturated carbocycles. The fourth-order valence-electron chi connectivity index (χ4n) is 6.72.